The molecule has 0 atom stereocenters. The minimum atomic E-state index is -0.754. The zero-order valence-corrected chi connectivity index (χ0v) is 18.2. The van der Waals surface area contributed by atoms with E-state index in [1.807, 2.05) is 19.1 Å². The highest BCUT2D eigenvalue weighted by atomic mass is 19.2. The van der Waals surface area contributed by atoms with Gasteiger partial charge in [0.2, 0.25) is 0 Å². The van der Waals surface area contributed by atoms with E-state index in [-0.39, 0.29) is 11.7 Å². The zero-order chi connectivity index (χ0) is 21.5. The Balaban J connectivity index is 1.59. The van der Waals surface area contributed by atoms with Gasteiger partial charge in [0.05, 0.1) is 0 Å². The smallest absolute Gasteiger partial charge is 0.166 e. The molecule has 0 N–H and O–H groups in total. The quantitative estimate of drug-likeness (QED) is 0.407. The summed E-state index contributed by atoms with van der Waals surface area (Å²) < 4.78 is 43.1. The molecule has 0 bridgehead atoms. The minimum Gasteiger partial charge on any atom is -0.207 e. The highest BCUT2D eigenvalue weighted by molar-refractivity contribution is 5.51. The van der Waals surface area contributed by atoms with Crippen molar-refractivity contribution in [3.05, 3.63) is 76.1 Å². The van der Waals surface area contributed by atoms with E-state index < -0.39 is 11.6 Å². The van der Waals surface area contributed by atoms with Gasteiger partial charge < -0.3 is 0 Å². The molecule has 1 aliphatic carbocycles. The maximum absolute atomic E-state index is 14.6. The van der Waals surface area contributed by atoms with Crippen LogP contribution in [-0.4, -0.2) is 0 Å². The highest BCUT2D eigenvalue weighted by Gasteiger charge is 2.23. The van der Waals surface area contributed by atoms with Crippen LogP contribution in [0.5, 0.6) is 0 Å². The van der Waals surface area contributed by atoms with Crippen LogP contribution in [-0.2, 0) is 12.8 Å². The molecule has 0 aliphatic heterocycles. The monoisotopic (exact) mass is 414 g/mol. The lowest BCUT2D eigenvalue weighted by Crippen LogP contribution is -2.13. The lowest BCUT2D eigenvalue weighted by Gasteiger charge is -2.27. The van der Waals surface area contributed by atoms with Crippen LogP contribution in [0.15, 0.2) is 36.4 Å². The van der Waals surface area contributed by atoms with E-state index in [1.165, 1.54) is 0 Å². The van der Waals surface area contributed by atoms with Gasteiger partial charge in [0, 0.05) is 5.56 Å². The van der Waals surface area contributed by atoms with Gasteiger partial charge in [-0.25, -0.2) is 13.2 Å². The molecule has 0 radical (unpaired) electrons. The molecular formula is C27H33F3. The van der Waals surface area contributed by atoms with Crippen LogP contribution in [0.25, 0.3) is 6.08 Å². The molecule has 1 fully saturated rings. The lowest BCUT2D eigenvalue weighted by molar-refractivity contribution is 0.369. The van der Waals surface area contributed by atoms with Gasteiger partial charge in [0.1, 0.15) is 5.82 Å². The van der Waals surface area contributed by atoms with Crippen molar-refractivity contribution in [1.29, 1.82) is 0 Å². The van der Waals surface area contributed by atoms with Crippen molar-refractivity contribution in [1.82, 2.24) is 0 Å². The van der Waals surface area contributed by atoms with E-state index in [2.05, 4.69) is 13.0 Å². The fraction of sp³-hybridized carbons (Fsp3) is 0.481. The van der Waals surface area contributed by atoms with Crippen LogP contribution in [0, 0.1) is 23.4 Å². The number of benzene rings is 2. The zero-order valence-electron chi connectivity index (χ0n) is 18.2. The first-order valence-electron chi connectivity index (χ1n) is 11.5. The maximum Gasteiger partial charge on any atom is 0.166 e. The van der Waals surface area contributed by atoms with E-state index >= 15 is 0 Å². The predicted octanol–water partition coefficient (Wildman–Crippen LogP) is 8.39. The molecular weight excluding hydrogens is 381 g/mol. The van der Waals surface area contributed by atoms with E-state index in [0.29, 0.717) is 23.5 Å². The van der Waals surface area contributed by atoms with Crippen LogP contribution >= 0.6 is 0 Å². The van der Waals surface area contributed by atoms with Crippen molar-refractivity contribution in [2.45, 2.75) is 77.6 Å². The molecule has 0 amide bonds. The second-order valence-corrected chi connectivity index (χ2v) is 8.62. The summed E-state index contributed by atoms with van der Waals surface area (Å²) in [5, 5.41) is 0. The Kier molecular flexibility index (Phi) is 8.18. The van der Waals surface area contributed by atoms with Crippen molar-refractivity contribution in [3.63, 3.8) is 0 Å². The van der Waals surface area contributed by atoms with Crippen molar-refractivity contribution in [3.8, 4) is 0 Å². The number of hydrogen-bond donors (Lipinski definition) is 0. The molecule has 2 aromatic carbocycles. The first-order valence-corrected chi connectivity index (χ1v) is 11.5. The summed E-state index contributed by atoms with van der Waals surface area (Å²) >= 11 is 0. The second-order valence-electron chi connectivity index (χ2n) is 8.62. The summed E-state index contributed by atoms with van der Waals surface area (Å²) in [5.41, 5.74) is 2.66. The van der Waals surface area contributed by atoms with Crippen LogP contribution in [0.4, 0.5) is 13.2 Å². The molecule has 0 spiro atoms. The highest BCUT2D eigenvalue weighted by Crippen LogP contribution is 2.38. The number of rotatable bonds is 8. The molecule has 0 aromatic heterocycles. The number of halogens is 3. The average molecular weight is 415 g/mol. The van der Waals surface area contributed by atoms with Gasteiger partial charge >= 0.3 is 0 Å². The van der Waals surface area contributed by atoms with Gasteiger partial charge in [-0.2, -0.15) is 0 Å². The molecule has 1 aliphatic rings. The van der Waals surface area contributed by atoms with Crippen LogP contribution < -0.4 is 0 Å². The number of aryl methyl sites for hydroxylation is 2. The third-order valence-electron chi connectivity index (χ3n) is 6.35. The largest absolute Gasteiger partial charge is 0.207 e. The van der Waals surface area contributed by atoms with Crippen LogP contribution in [0.1, 0.15) is 87.0 Å². The number of unbranched alkanes of at least 4 members (excludes halogenated alkanes) is 1. The van der Waals surface area contributed by atoms with Crippen molar-refractivity contribution in [2.75, 3.05) is 0 Å². The Bertz CT molecular complexity index is 861. The first-order chi connectivity index (χ1) is 14.5. The molecule has 0 nitrogen and oxygen atoms in total. The first kappa shape index (κ1) is 22.7. The Morgan fingerprint density at radius 3 is 2.30 bits per heavy atom. The van der Waals surface area contributed by atoms with Gasteiger partial charge in [-0.3, -0.25) is 0 Å². The topological polar surface area (TPSA) is 0 Å². The van der Waals surface area contributed by atoms with E-state index in [9.17, 15) is 13.2 Å². The Morgan fingerprint density at radius 2 is 1.63 bits per heavy atom. The van der Waals surface area contributed by atoms with E-state index in [4.69, 9.17) is 0 Å². The third kappa shape index (κ3) is 5.56. The molecule has 1 saturated carbocycles. The molecule has 30 heavy (non-hydrogen) atoms. The number of allylic oxidation sites excluding steroid dienone is 1. The van der Waals surface area contributed by atoms with Crippen LogP contribution in [0.2, 0.25) is 0 Å². The van der Waals surface area contributed by atoms with Gasteiger partial charge in [0.25, 0.3) is 0 Å². The maximum atomic E-state index is 14.6. The molecule has 162 valence electrons. The second kappa shape index (κ2) is 10.8. The SMILES string of the molecule is CCCCc1ccc(C2CCC(/C=C/c3ccc(CCC)c(F)c3F)CC2)c(F)c1. The average Bonchev–Trinajstić information content (AvgIpc) is 2.76. The third-order valence-corrected chi connectivity index (χ3v) is 6.35. The summed E-state index contributed by atoms with van der Waals surface area (Å²) in [6, 6.07) is 9.10. The van der Waals surface area contributed by atoms with Crippen molar-refractivity contribution < 1.29 is 13.2 Å². The Labute approximate surface area is 179 Å². The summed E-state index contributed by atoms with van der Waals surface area (Å²) in [6.45, 7) is 4.10. The van der Waals surface area contributed by atoms with Gasteiger partial charge in [-0.15, -0.1) is 0 Å². The summed E-state index contributed by atoms with van der Waals surface area (Å²) in [6.07, 6.45) is 11.9. The van der Waals surface area contributed by atoms with Gasteiger partial charge in [-0.05, 0) is 79.5 Å². The molecule has 3 heteroatoms. The molecule has 0 saturated heterocycles. The Hall–Kier alpha value is -2.03. The summed E-state index contributed by atoms with van der Waals surface area (Å²) in [5.74, 6) is -0.979. The van der Waals surface area contributed by atoms with Crippen LogP contribution in [0.3, 0.4) is 0 Å². The Morgan fingerprint density at radius 1 is 0.867 bits per heavy atom. The van der Waals surface area contributed by atoms with Crippen molar-refractivity contribution in [2.24, 2.45) is 5.92 Å². The van der Waals surface area contributed by atoms with Gasteiger partial charge in [-0.1, -0.05) is 63.1 Å². The minimum absolute atomic E-state index is 0.0766. The molecule has 3 rings (SSSR count). The van der Waals surface area contributed by atoms with E-state index in [1.54, 1.807) is 24.3 Å². The van der Waals surface area contributed by atoms with Gasteiger partial charge in [0.15, 0.2) is 11.6 Å². The van der Waals surface area contributed by atoms with Crippen molar-refractivity contribution >= 4 is 6.08 Å². The predicted molar refractivity (Wildman–Crippen MR) is 119 cm³/mol. The lowest BCUT2D eigenvalue weighted by atomic mass is 9.78. The summed E-state index contributed by atoms with van der Waals surface area (Å²) in [7, 11) is 0. The number of hydrogen-bond acceptors (Lipinski definition) is 0. The summed E-state index contributed by atoms with van der Waals surface area (Å²) in [4.78, 5) is 0. The molecule has 0 heterocycles. The standard InChI is InChI=1S/C27H33F3/c1-3-5-7-20-11-17-24(25(28)18-20)21-12-8-19(9-13-21)10-14-23-16-15-22(6-4-2)26(29)27(23)30/h10-11,14-19,21H,3-9,12-13H2,1-2H3/b14-10+. The fourth-order valence-electron chi connectivity index (χ4n) is 4.50. The fourth-order valence-corrected chi connectivity index (χ4v) is 4.50. The normalized spacial score (nSPS) is 19.5. The van der Waals surface area contributed by atoms with E-state index in [0.717, 1.165) is 62.5 Å². The molecule has 0 unspecified atom stereocenters. The molecule has 2 aromatic rings.